The quantitative estimate of drug-likeness (QED) is 0.271. The van der Waals surface area contributed by atoms with Crippen LogP contribution in [0.15, 0.2) is 53.7 Å². The number of benzene rings is 2. The first-order valence-corrected chi connectivity index (χ1v) is 9.12. The fraction of sp³-hybridized carbons (Fsp3) is 0.111. The highest BCUT2D eigenvalue weighted by Crippen LogP contribution is 2.22. The lowest BCUT2D eigenvalue weighted by molar-refractivity contribution is -0.384. The number of aromatic amines is 1. The van der Waals surface area contributed by atoms with E-state index in [-0.39, 0.29) is 23.1 Å². The third kappa shape index (κ3) is 4.80. The summed E-state index contributed by atoms with van der Waals surface area (Å²) in [6.07, 6.45) is 0. The maximum Gasteiger partial charge on any atom is 0.269 e. The SMILES string of the molecule is CC(=O)Nc1ccc(-c2nc(SCC(=O)c3ccc([N+](=O)[O-])cc3)n[nH]2)cc1. The number of nitro groups is 1. The van der Waals surface area contributed by atoms with Gasteiger partial charge in [-0.3, -0.25) is 24.8 Å². The first-order valence-electron chi connectivity index (χ1n) is 8.13. The summed E-state index contributed by atoms with van der Waals surface area (Å²) in [5, 5.41) is 20.6. The summed E-state index contributed by atoms with van der Waals surface area (Å²) in [4.78, 5) is 37.7. The van der Waals surface area contributed by atoms with Gasteiger partial charge in [-0.05, 0) is 36.4 Å². The number of hydrogen-bond acceptors (Lipinski definition) is 7. The van der Waals surface area contributed by atoms with Gasteiger partial charge in [-0.15, -0.1) is 5.10 Å². The molecule has 2 N–H and O–H groups in total. The topological polar surface area (TPSA) is 131 Å². The lowest BCUT2D eigenvalue weighted by atomic mass is 10.1. The smallest absolute Gasteiger partial charge is 0.269 e. The van der Waals surface area contributed by atoms with Crippen molar-refractivity contribution < 1.29 is 14.5 Å². The number of carbonyl (C=O) groups excluding carboxylic acids is 2. The minimum Gasteiger partial charge on any atom is -0.326 e. The van der Waals surface area contributed by atoms with Crippen molar-refractivity contribution in [1.82, 2.24) is 15.2 Å². The standard InChI is InChI=1S/C18H15N5O4S/c1-11(24)19-14-6-2-13(3-7-14)17-20-18(22-21-17)28-10-16(25)12-4-8-15(9-5-12)23(26)27/h2-9H,10H2,1H3,(H,19,24)(H,20,21,22). The molecule has 2 aromatic carbocycles. The van der Waals surface area contributed by atoms with E-state index in [4.69, 9.17) is 0 Å². The van der Waals surface area contributed by atoms with Crippen molar-refractivity contribution >= 4 is 34.8 Å². The second-order valence-corrected chi connectivity index (χ2v) is 6.68. The zero-order valence-corrected chi connectivity index (χ0v) is 15.5. The molecule has 28 heavy (non-hydrogen) atoms. The average molecular weight is 397 g/mol. The fourth-order valence-electron chi connectivity index (χ4n) is 2.34. The number of Topliss-reactive ketones (excluding diaryl/α,β-unsaturated/α-hetero) is 1. The van der Waals surface area contributed by atoms with Crippen LogP contribution in [0.5, 0.6) is 0 Å². The van der Waals surface area contributed by atoms with Gasteiger partial charge in [0.15, 0.2) is 11.6 Å². The third-order valence-corrected chi connectivity index (χ3v) is 4.52. The molecule has 0 saturated carbocycles. The molecule has 0 bridgehead atoms. The number of thioether (sulfide) groups is 1. The van der Waals surface area contributed by atoms with Gasteiger partial charge in [0.05, 0.1) is 10.7 Å². The van der Waals surface area contributed by atoms with Gasteiger partial charge in [-0.2, -0.15) is 0 Å². The lowest BCUT2D eigenvalue weighted by Gasteiger charge is -2.02. The number of aromatic nitrogens is 3. The van der Waals surface area contributed by atoms with E-state index in [9.17, 15) is 19.7 Å². The second kappa shape index (κ2) is 8.44. The molecule has 0 aliphatic carbocycles. The number of hydrogen-bond donors (Lipinski definition) is 2. The molecule has 10 heteroatoms. The summed E-state index contributed by atoms with van der Waals surface area (Å²) in [7, 11) is 0. The van der Waals surface area contributed by atoms with Crippen molar-refractivity contribution in [2.24, 2.45) is 0 Å². The molecule has 3 rings (SSSR count). The van der Waals surface area contributed by atoms with Gasteiger partial charge in [0, 0.05) is 35.9 Å². The minimum atomic E-state index is -0.513. The van der Waals surface area contributed by atoms with E-state index in [1.165, 1.54) is 43.0 Å². The molecule has 1 amide bonds. The average Bonchev–Trinajstić information content (AvgIpc) is 3.15. The third-order valence-electron chi connectivity index (χ3n) is 3.68. The van der Waals surface area contributed by atoms with Crippen LogP contribution in [0.25, 0.3) is 11.4 Å². The Morgan fingerprint density at radius 1 is 1.14 bits per heavy atom. The van der Waals surface area contributed by atoms with Crippen LogP contribution < -0.4 is 5.32 Å². The molecule has 1 heterocycles. The molecule has 3 aromatic rings. The predicted molar refractivity (Wildman–Crippen MR) is 104 cm³/mol. The van der Waals surface area contributed by atoms with Crippen molar-refractivity contribution in [2.75, 3.05) is 11.1 Å². The van der Waals surface area contributed by atoms with Gasteiger partial charge >= 0.3 is 0 Å². The Kier molecular flexibility index (Phi) is 5.80. The van der Waals surface area contributed by atoms with E-state index in [1.54, 1.807) is 24.3 Å². The Bertz CT molecular complexity index is 1020. The molecule has 0 saturated heterocycles. The second-order valence-electron chi connectivity index (χ2n) is 5.74. The van der Waals surface area contributed by atoms with E-state index in [1.807, 2.05) is 0 Å². The molecule has 0 aliphatic rings. The number of nitrogens with zero attached hydrogens (tertiary/aromatic N) is 3. The van der Waals surface area contributed by atoms with E-state index in [2.05, 4.69) is 20.5 Å². The van der Waals surface area contributed by atoms with E-state index in [0.29, 0.717) is 22.2 Å². The molecule has 1 aromatic heterocycles. The number of rotatable bonds is 7. The predicted octanol–water partition coefficient (Wildman–Crippen LogP) is 3.31. The van der Waals surface area contributed by atoms with Crippen LogP contribution in [0, 0.1) is 10.1 Å². The van der Waals surface area contributed by atoms with Crippen LogP contribution in [0.3, 0.4) is 0 Å². The summed E-state index contributed by atoms with van der Waals surface area (Å²) < 4.78 is 0. The molecule has 0 aliphatic heterocycles. The fourth-order valence-corrected chi connectivity index (χ4v) is 3.03. The van der Waals surface area contributed by atoms with Crippen molar-refractivity contribution in [3.05, 3.63) is 64.2 Å². The van der Waals surface area contributed by atoms with Crippen LogP contribution in [0.4, 0.5) is 11.4 Å². The first kappa shape index (κ1) is 19.2. The van der Waals surface area contributed by atoms with Crippen LogP contribution >= 0.6 is 11.8 Å². The molecule has 0 spiro atoms. The number of non-ortho nitro benzene ring substituents is 1. The summed E-state index contributed by atoms with van der Waals surface area (Å²) in [6, 6.07) is 12.6. The molecular weight excluding hydrogens is 382 g/mol. The Morgan fingerprint density at radius 2 is 1.82 bits per heavy atom. The molecular formula is C18H15N5O4S. The number of H-pyrrole nitrogens is 1. The highest BCUT2D eigenvalue weighted by atomic mass is 32.2. The lowest BCUT2D eigenvalue weighted by Crippen LogP contribution is -2.05. The number of nitro benzene ring substituents is 1. The number of nitrogens with one attached hydrogen (secondary N) is 2. The number of anilines is 1. The van der Waals surface area contributed by atoms with E-state index >= 15 is 0 Å². The molecule has 0 atom stereocenters. The molecule has 142 valence electrons. The van der Waals surface area contributed by atoms with Gasteiger partial charge < -0.3 is 5.32 Å². The first-order chi connectivity index (χ1) is 13.4. The van der Waals surface area contributed by atoms with Gasteiger partial charge in [0.2, 0.25) is 11.1 Å². The largest absolute Gasteiger partial charge is 0.326 e. The molecule has 0 fully saturated rings. The Labute approximate surface area is 163 Å². The Balaban J connectivity index is 1.60. The van der Waals surface area contributed by atoms with Gasteiger partial charge in [-0.25, -0.2) is 4.98 Å². The molecule has 0 unspecified atom stereocenters. The van der Waals surface area contributed by atoms with Crippen molar-refractivity contribution in [3.8, 4) is 11.4 Å². The Morgan fingerprint density at radius 3 is 2.43 bits per heavy atom. The highest BCUT2D eigenvalue weighted by molar-refractivity contribution is 7.99. The van der Waals surface area contributed by atoms with Crippen LogP contribution in [0.1, 0.15) is 17.3 Å². The zero-order chi connectivity index (χ0) is 20.1. The monoisotopic (exact) mass is 397 g/mol. The highest BCUT2D eigenvalue weighted by Gasteiger charge is 2.12. The van der Waals surface area contributed by atoms with Crippen LogP contribution in [-0.4, -0.2) is 37.5 Å². The maximum absolute atomic E-state index is 12.2. The number of amides is 1. The number of carbonyl (C=O) groups is 2. The maximum atomic E-state index is 12.2. The van der Waals surface area contributed by atoms with Crippen molar-refractivity contribution in [1.29, 1.82) is 0 Å². The van der Waals surface area contributed by atoms with Crippen LogP contribution in [-0.2, 0) is 4.79 Å². The normalized spacial score (nSPS) is 10.5. The summed E-state index contributed by atoms with van der Waals surface area (Å²) >= 11 is 1.17. The van der Waals surface area contributed by atoms with E-state index < -0.39 is 4.92 Å². The summed E-state index contributed by atoms with van der Waals surface area (Å²) in [6.45, 7) is 1.44. The molecule has 9 nitrogen and oxygen atoms in total. The van der Waals surface area contributed by atoms with Crippen molar-refractivity contribution in [3.63, 3.8) is 0 Å². The minimum absolute atomic E-state index is 0.0627. The number of ketones is 1. The summed E-state index contributed by atoms with van der Waals surface area (Å²) in [5.74, 6) is 0.325. The van der Waals surface area contributed by atoms with Gasteiger partial charge in [0.25, 0.3) is 5.69 Å². The Hall–Kier alpha value is -3.53. The molecule has 0 radical (unpaired) electrons. The van der Waals surface area contributed by atoms with Crippen LogP contribution in [0.2, 0.25) is 0 Å². The zero-order valence-electron chi connectivity index (χ0n) is 14.7. The van der Waals surface area contributed by atoms with Gasteiger partial charge in [-0.1, -0.05) is 11.8 Å². The van der Waals surface area contributed by atoms with E-state index in [0.717, 1.165) is 5.56 Å². The van der Waals surface area contributed by atoms with Gasteiger partial charge in [0.1, 0.15) is 0 Å². The van der Waals surface area contributed by atoms with Crippen molar-refractivity contribution in [2.45, 2.75) is 12.1 Å². The summed E-state index contributed by atoms with van der Waals surface area (Å²) in [5.41, 5.74) is 1.80.